The van der Waals surface area contributed by atoms with Crippen LogP contribution in [0.4, 0.5) is 4.39 Å². The zero-order chi connectivity index (χ0) is 17.2. The molecular formula is C18H22FN5O. The number of aromatic nitrogens is 2. The fourth-order valence-electron chi connectivity index (χ4n) is 3.61. The maximum atomic E-state index is 13.0. The van der Waals surface area contributed by atoms with E-state index in [0.29, 0.717) is 11.7 Å². The molecule has 1 aromatic carbocycles. The Hall–Kier alpha value is -2.25. The summed E-state index contributed by atoms with van der Waals surface area (Å²) >= 11 is 0. The molecular weight excluding hydrogens is 321 g/mol. The fourth-order valence-corrected chi connectivity index (χ4v) is 3.61. The molecule has 0 radical (unpaired) electrons. The van der Waals surface area contributed by atoms with Crippen molar-refractivity contribution >= 4 is 5.91 Å². The number of halogens is 1. The number of hydrogen-bond acceptors (Lipinski definition) is 4. The molecule has 0 saturated carbocycles. The zero-order valence-electron chi connectivity index (χ0n) is 14.1. The summed E-state index contributed by atoms with van der Waals surface area (Å²) in [6.45, 7) is 5.68. The SMILES string of the molecule is O=C(c1ccn(-c2ccc(F)cc2)n1)N1CCC(N2CCNCC2)C1. The Morgan fingerprint density at radius 3 is 2.64 bits per heavy atom. The molecule has 7 heteroatoms. The second-order valence-electron chi connectivity index (χ2n) is 6.60. The predicted octanol–water partition coefficient (Wildman–Crippen LogP) is 1.13. The van der Waals surface area contributed by atoms with E-state index in [4.69, 9.17) is 0 Å². The van der Waals surface area contributed by atoms with Crippen LogP contribution in [-0.4, -0.2) is 70.8 Å². The Balaban J connectivity index is 1.42. The number of piperazine rings is 1. The normalized spacial score (nSPS) is 21.6. The van der Waals surface area contributed by atoms with Gasteiger partial charge in [-0.3, -0.25) is 9.69 Å². The van der Waals surface area contributed by atoms with Crippen molar-refractivity contribution < 1.29 is 9.18 Å². The lowest BCUT2D eigenvalue weighted by molar-refractivity contribution is 0.0767. The molecule has 0 aliphatic carbocycles. The maximum Gasteiger partial charge on any atom is 0.274 e. The minimum Gasteiger partial charge on any atom is -0.336 e. The van der Waals surface area contributed by atoms with Gasteiger partial charge in [0, 0.05) is 51.5 Å². The van der Waals surface area contributed by atoms with Crippen molar-refractivity contribution in [2.45, 2.75) is 12.5 Å². The van der Waals surface area contributed by atoms with Gasteiger partial charge in [0.2, 0.25) is 0 Å². The van der Waals surface area contributed by atoms with Crippen LogP contribution < -0.4 is 5.32 Å². The molecule has 25 heavy (non-hydrogen) atoms. The first-order valence-corrected chi connectivity index (χ1v) is 8.76. The molecule has 0 bridgehead atoms. The largest absolute Gasteiger partial charge is 0.336 e. The minimum absolute atomic E-state index is 0.0292. The lowest BCUT2D eigenvalue weighted by Gasteiger charge is -2.32. The second-order valence-corrected chi connectivity index (χ2v) is 6.60. The van der Waals surface area contributed by atoms with Crippen LogP contribution in [0, 0.1) is 5.82 Å². The molecule has 1 atom stereocenters. The van der Waals surface area contributed by atoms with E-state index in [9.17, 15) is 9.18 Å². The first-order chi connectivity index (χ1) is 12.2. The van der Waals surface area contributed by atoms with Crippen LogP contribution in [0.2, 0.25) is 0 Å². The molecule has 2 saturated heterocycles. The molecule has 3 heterocycles. The van der Waals surface area contributed by atoms with E-state index in [-0.39, 0.29) is 11.7 Å². The standard InChI is InChI=1S/C18H22FN5O/c19-14-1-3-15(4-2-14)24-10-6-17(21-24)18(25)23-9-5-16(13-23)22-11-7-20-8-12-22/h1-4,6,10,16,20H,5,7-9,11-13H2. The molecule has 4 rings (SSSR count). The average molecular weight is 343 g/mol. The number of nitrogens with one attached hydrogen (secondary N) is 1. The molecule has 1 aromatic heterocycles. The van der Waals surface area contributed by atoms with Gasteiger partial charge in [-0.1, -0.05) is 0 Å². The summed E-state index contributed by atoms with van der Waals surface area (Å²) in [6, 6.07) is 8.24. The van der Waals surface area contributed by atoms with E-state index in [1.807, 2.05) is 4.90 Å². The number of nitrogens with zero attached hydrogens (tertiary/aromatic N) is 4. The van der Waals surface area contributed by atoms with E-state index in [0.717, 1.165) is 51.4 Å². The molecule has 2 aliphatic heterocycles. The van der Waals surface area contributed by atoms with Crippen molar-refractivity contribution in [1.82, 2.24) is 24.9 Å². The van der Waals surface area contributed by atoms with Crippen LogP contribution in [0.1, 0.15) is 16.9 Å². The molecule has 1 amide bonds. The number of likely N-dealkylation sites (tertiary alicyclic amines) is 1. The summed E-state index contributed by atoms with van der Waals surface area (Å²) in [7, 11) is 0. The summed E-state index contributed by atoms with van der Waals surface area (Å²) < 4.78 is 14.6. The zero-order valence-corrected chi connectivity index (χ0v) is 14.1. The third kappa shape index (κ3) is 3.43. The van der Waals surface area contributed by atoms with Crippen molar-refractivity contribution in [1.29, 1.82) is 0 Å². The third-order valence-electron chi connectivity index (χ3n) is 5.02. The summed E-state index contributed by atoms with van der Waals surface area (Å²) in [4.78, 5) is 17.1. The highest BCUT2D eigenvalue weighted by Gasteiger charge is 2.32. The minimum atomic E-state index is -0.289. The van der Waals surface area contributed by atoms with Crippen molar-refractivity contribution in [3.05, 3.63) is 48.0 Å². The van der Waals surface area contributed by atoms with Gasteiger partial charge in [0.05, 0.1) is 5.69 Å². The average Bonchev–Trinajstić information content (AvgIpc) is 3.33. The highest BCUT2D eigenvalue weighted by molar-refractivity contribution is 5.92. The van der Waals surface area contributed by atoms with Crippen molar-refractivity contribution in [2.24, 2.45) is 0 Å². The Morgan fingerprint density at radius 2 is 1.88 bits per heavy atom. The number of hydrogen-bond donors (Lipinski definition) is 1. The van der Waals surface area contributed by atoms with Crippen LogP contribution in [0.15, 0.2) is 36.5 Å². The van der Waals surface area contributed by atoms with Gasteiger partial charge in [0.15, 0.2) is 5.69 Å². The van der Waals surface area contributed by atoms with Crippen molar-refractivity contribution in [3.8, 4) is 5.69 Å². The molecule has 1 unspecified atom stereocenters. The van der Waals surface area contributed by atoms with Gasteiger partial charge in [-0.15, -0.1) is 0 Å². The van der Waals surface area contributed by atoms with Crippen LogP contribution in [0.5, 0.6) is 0 Å². The van der Waals surface area contributed by atoms with Gasteiger partial charge in [-0.05, 0) is 36.8 Å². The number of amides is 1. The summed E-state index contributed by atoms with van der Waals surface area (Å²) in [5, 5.41) is 7.73. The summed E-state index contributed by atoms with van der Waals surface area (Å²) in [6.07, 6.45) is 2.76. The molecule has 2 aliphatic rings. The van der Waals surface area contributed by atoms with E-state index < -0.39 is 0 Å². The van der Waals surface area contributed by atoms with Gasteiger partial charge in [-0.2, -0.15) is 5.10 Å². The van der Waals surface area contributed by atoms with Gasteiger partial charge < -0.3 is 10.2 Å². The summed E-state index contributed by atoms with van der Waals surface area (Å²) in [5.74, 6) is -0.318. The second kappa shape index (κ2) is 6.93. The molecule has 132 valence electrons. The smallest absolute Gasteiger partial charge is 0.274 e. The predicted molar refractivity (Wildman–Crippen MR) is 92.3 cm³/mol. The highest BCUT2D eigenvalue weighted by atomic mass is 19.1. The van der Waals surface area contributed by atoms with Crippen LogP contribution in [0.25, 0.3) is 5.69 Å². The number of rotatable bonds is 3. The first kappa shape index (κ1) is 16.2. The van der Waals surface area contributed by atoms with Crippen LogP contribution in [-0.2, 0) is 0 Å². The lowest BCUT2D eigenvalue weighted by atomic mass is 10.2. The van der Waals surface area contributed by atoms with Crippen molar-refractivity contribution in [3.63, 3.8) is 0 Å². The van der Waals surface area contributed by atoms with E-state index in [1.54, 1.807) is 29.1 Å². The molecule has 6 nitrogen and oxygen atoms in total. The maximum absolute atomic E-state index is 13.0. The number of carbonyl (C=O) groups excluding carboxylic acids is 1. The quantitative estimate of drug-likeness (QED) is 0.908. The van der Waals surface area contributed by atoms with Crippen LogP contribution in [0.3, 0.4) is 0 Å². The monoisotopic (exact) mass is 343 g/mol. The Morgan fingerprint density at radius 1 is 1.12 bits per heavy atom. The highest BCUT2D eigenvalue weighted by Crippen LogP contribution is 2.18. The molecule has 2 aromatic rings. The lowest BCUT2D eigenvalue weighted by Crippen LogP contribution is -2.49. The Bertz CT molecular complexity index is 738. The van der Waals surface area contributed by atoms with E-state index >= 15 is 0 Å². The third-order valence-corrected chi connectivity index (χ3v) is 5.02. The Labute approximate surface area is 146 Å². The summed E-state index contributed by atoms with van der Waals surface area (Å²) in [5.41, 5.74) is 1.17. The number of carbonyl (C=O) groups is 1. The molecule has 1 N–H and O–H groups in total. The number of benzene rings is 1. The topological polar surface area (TPSA) is 53.4 Å². The first-order valence-electron chi connectivity index (χ1n) is 8.76. The van der Waals surface area contributed by atoms with Gasteiger partial charge >= 0.3 is 0 Å². The molecule has 0 spiro atoms. The molecule has 2 fully saturated rings. The van der Waals surface area contributed by atoms with Crippen LogP contribution >= 0.6 is 0 Å². The van der Waals surface area contributed by atoms with Crippen molar-refractivity contribution in [2.75, 3.05) is 39.3 Å². The van der Waals surface area contributed by atoms with Gasteiger partial charge in [0.1, 0.15) is 5.82 Å². The fraction of sp³-hybridized carbons (Fsp3) is 0.444. The van der Waals surface area contributed by atoms with Gasteiger partial charge in [-0.25, -0.2) is 9.07 Å². The Kier molecular flexibility index (Phi) is 4.50. The van der Waals surface area contributed by atoms with Gasteiger partial charge in [0.25, 0.3) is 5.91 Å². The van der Waals surface area contributed by atoms with E-state index in [1.165, 1.54) is 12.1 Å². The van der Waals surface area contributed by atoms with E-state index in [2.05, 4.69) is 15.3 Å².